The lowest BCUT2D eigenvalue weighted by Gasteiger charge is -2.12. The third kappa shape index (κ3) is 4.83. The van der Waals surface area contributed by atoms with Gasteiger partial charge in [-0.1, -0.05) is 39.3 Å². The molecule has 0 saturated heterocycles. The van der Waals surface area contributed by atoms with E-state index in [0.717, 1.165) is 12.8 Å². The van der Waals surface area contributed by atoms with Gasteiger partial charge in [-0.3, -0.25) is 4.79 Å². The van der Waals surface area contributed by atoms with Crippen molar-refractivity contribution in [2.75, 3.05) is 0 Å². The van der Waals surface area contributed by atoms with Crippen LogP contribution in [0.25, 0.3) is 0 Å². The molecule has 2 nitrogen and oxygen atoms in total. The lowest BCUT2D eigenvalue weighted by atomic mass is 9.97. The minimum Gasteiger partial charge on any atom is -0.388 e. The van der Waals surface area contributed by atoms with Gasteiger partial charge in [-0.15, -0.1) is 0 Å². The van der Waals surface area contributed by atoms with Gasteiger partial charge in [0.15, 0.2) is 0 Å². The standard InChI is InChI=1S/C11H20O2/c1-4-6-7-8-11(13)9(3)10(12)5-2/h7-9,11,13H,4-6H2,1-3H3. The van der Waals surface area contributed by atoms with Crippen LogP contribution in [0.3, 0.4) is 0 Å². The molecule has 0 bridgehead atoms. The van der Waals surface area contributed by atoms with Crippen LogP contribution in [0.5, 0.6) is 0 Å². The van der Waals surface area contributed by atoms with E-state index >= 15 is 0 Å². The van der Waals surface area contributed by atoms with Gasteiger partial charge in [0.05, 0.1) is 6.10 Å². The monoisotopic (exact) mass is 184 g/mol. The smallest absolute Gasteiger partial charge is 0.138 e. The van der Waals surface area contributed by atoms with Crippen molar-refractivity contribution < 1.29 is 9.90 Å². The lowest BCUT2D eigenvalue weighted by Crippen LogP contribution is -2.23. The van der Waals surface area contributed by atoms with Gasteiger partial charge < -0.3 is 5.11 Å². The van der Waals surface area contributed by atoms with Crippen LogP contribution in [0.1, 0.15) is 40.0 Å². The Hall–Kier alpha value is -0.630. The molecule has 0 aliphatic rings. The maximum atomic E-state index is 11.2. The van der Waals surface area contributed by atoms with Crippen molar-refractivity contribution in [2.45, 2.75) is 46.1 Å². The third-order valence-corrected chi connectivity index (χ3v) is 2.16. The highest BCUT2D eigenvalue weighted by atomic mass is 16.3. The number of carbonyl (C=O) groups excluding carboxylic acids is 1. The SMILES string of the molecule is CCCC=CC(O)C(C)C(=O)CC. The number of aliphatic hydroxyl groups excluding tert-OH is 1. The van der Waals surface area contributed by atoms with Crippen molar-refractivity contribution in [3.63, 3.8) is 0 Å². The van der Waals surface area contributed by atoms with Gasteiger partial charge in [0, 0.05) is 12.3 Å². The van der Waals surface area contributed by atoms with E-state index in [2.05, 4.69) is 6.92 Å². The molecule has 0 aromatic heterocycles. The molecular weight excluding hydrogens is 164 g/mol. The van der Waals surface area contributed by atoms with Crippen molar-refractivity contribution in [1.29, 1.82) is 0 Å². The number of hydrogen-bond donors (Lipinski definition) is 1. The average Bonchev–Trinajstić information content (AvgIpc) is 2.15. The number of unbranched alkanes of at least 4 members (excludes halogenated alkanes) is 1. The first-order chi connectivity index (χ1) is 6.13. The van der Waals surface area contributed by atoms with Crippen LogP contribution in [0.4, 0.5) is 0 Å². The predicted octanol–water partition coefficient (Wildman–Crippen LogP) is 2.32. The van der Waals surface area contributed by atoms with Gasteiger partial charge in [0.2, 0.25) is 0 Å². The van der Waals surface area contributed by atoms with Crippen molar-refractivity contribution >= 4 is 5.78 Å². The van der Waals surface area contributed by atoms with E-state index in [1.807, 2.05) is 13.0 Å². The normalized spacial score (nSPS) is 16.0. The summed E-state index contributed by atoms with van der Waals surface area (Å²) in [6, 6.07) is 0. The van der Waals surface area contributed by atoms with Crippen LogP contribution < -0.4 is 0 Å². The van der Waals surface area contributed by atoms with Gasteiger partial charge in [0.25, 0.3) is 0 Å². The van der Waals surface area contributed by atoms with E-state index in [9.17, 15) is 9.90 Å². The summed E-state index contributed by atoms with van der Waals surface area (Å²) in [5, 5.41) is 9.54. The zero-order valence-electron chi connectivity index (χ0n) is 8.79. The fraction of sp³-hybridized carbons (Fsp3) is 0.727. The number of rotatable bonds is 6. The Morgan fingerprint density at radius 2 is 2.08 bits per heavy atom. The predicted molar refractivity (Wildman–Crippen MR) is 54.5 cm³/mol. The highest BCUT2D eigenvalue weighted by Gasteiger charge is 2.17. The van der Waals surface area contributed by atoms with Crippen LogP contribution in [-0.2, 0) is 4.79 Å². The second-order valence-electron chi connectivity index (χ2n) is 3.32. The number of ketones is 1. The number of aliphatic hydroxyl groups is 1. The van der Waals surface area contributed by atoms with E-state index in [1.165, 1.54) is 0 Å². The summed E-state index contributed by atoms with van der Waals surface area (Å²) in [6.07, 6.45) is 5.58. The summed E-state index contributed by atoms with van der Waals surface area (Å²) < 4.78 is 0. The van der Waals surface area contributed by atoms with Crippen molar-refractivity contribution in [2.24, 2.45) is 5.92 Å². The lowest BCUT2D eigenvalue weighted by molar-refractivity contribution is -0.124. The van der Waals surface area contributed by atoms with Crippen LogP contribution >= 0.6 is 0 Å². The third-order valence-electron chi connectivity index (χ3n) is 2.16. The summed E-state index contributed by atoms with van der Waals surface area (Å²) >= 11 is 0. The van der Waals surface area contributed by atoms with E-state index in [-0.39, 0.29) is 11.7 Å². The molecule has 0 aromatic carbocycles. The minimum atomic E-state index is -0.612. The summed E-state index contributed by atoms with van der Waals surface area (Å²) in [4.78, 5) is 11.2. The number of allylic oxidation sites excluding steroid dienone is 1. The molecule has 76 valence electrons. The summed E-state index contributed by atoms with van der Waals surface area (Å²) in [7, 11) is 0. The second-order valence-corrected chi connectivity index (χ2v) is 3.32. The quantitative estimate of drug-likeness (QED) is 0.643. The van der Waals surface area contributed by atoms with Gasteiger partial charge in [-0.05, 0) is 6.42 Å². The van der Waals surface area contributed by atoms with Crippen LogP contribution in [-0.4, -0.2) is 17.0 Å². The Kier molecular flexibility index (Phi) is 6.51. The molecule has 1 N–H and O–H groups in total. The van der Waals surface area contributed by atoms with Crippen LogP contribution in [0.2, 0.25) is 0 Å². The van der Waals surface area contributed by atoms with Gasteiger partial charge in [-0.25, -0.2) is 0 Å². The van der Waals surface area contributed by atoms with E-state index in [4.69, 9.17) is 0 Å². The number of hydrogen-bond acceptors (Lipinski definition) is 2. The Bertz CT molecular complexity index is 173. The molecule has 0 spiro atoms. The average molecular weight is 184 g/mol. The summed E-state index contributed by atoms with van der Waals surface area (Å²) in [6.45, 7) is 5.67. The molecule has 0 aliphatic heterocycles. The molecule has 2 atom stereocenters. The number of carbonyl (C=O) groups is 1. The molecule has 0 aliphatic carbocycles. The molecule has 13 heavy (non-hydrogen) atoms. The molecule has 0 aromatic rings. The molecule has 2 heteroatoms. The number of Topliss-reactive ketones (excluding diaryl/α,β-unsaturated/α-hetero) is 1. The molecule has 0 fully saturated rings. The van der Waals surface area contributed by atoms with E-state index < -0.39 is 6.10 Å². The largest absolute Gasteiger partial charge is 0.388 e. The fourth-order valence-electron chi connectivity index (χ4n) is 1.08. The van der Waals surface area contributed by atoms with E-state index in [1.54, 1.807) is 13.0 Å². The topological polar surface area (TPSA) is 37.3 Å². The molecular formula is C11H20O2. The van der Waals surface area contributed by atoms with Gasteiger partial charge >= 0.3 is 0 Å². The first-order valence-corrected chi connectivity index (χ1v) is 5.00. The molecule has 0 heterocycles. The van der Waals surface area contributed by atoms with Crippen molar-refractivity contribution in [3.05, 3.63) is 12.2 Å². The van der Waals surface area contributed by atoms with E-state index in [0.29, 0.717) is 6.42 Å². The maximum absolute atomic E-state index is 11.2. The van der Waals surface area contributed by atoms with Crippen molar-refractivity contribution in [1.82, 2.24) is 0 Å². The maximum Gasteiger partial charge on any atom is 0.138 e. The van der Waals surface area contributed by atoms with Crippen LogP contribution in [0, 0.1) is 5.92 Å². The zero-order chi connectivity index (χ0) is 10.3. The van der Waals surface area contributed by atoms with Crippen LogP contribution in [0.15, 0.2) is 12.2 Å². The first-order valence-electron chi connectivity index (χ1n) is 5.00. The summed E-state index contributed by atoms with van der Waals surface area (Å²) in [5.74, 6) is -0.147. The summed E-state index contributed by atoms with van der Waals surface area (Å²) in [5.41, 5.74) is 0. The Morgan fingerprint density at radius 3 is 2.54 bits per heavy atom. The molecule has 2 unspecified atom stereocenters. The first kappa shape index (κ1) is 12.4. The second kappa shape index (κ2) is 6.84. The zero-order valence-corrected chi connectivity index (χ0v) is 8.79. The molecule has 0 rings (SSSR count). The molecule has 0 saturated carbocycles. The molecule has 0 radical (unpaired) electrons. The minimum absolute atomic E-state index is 0.119. The molecule has 0 amide bonds. The Balaban J connectivity index is 3.94. The van der Waals surface area contributed by atoms with Crippen molar-refractivity contribution in [3.8, 4) is 0 Å². The Morgan fingerprint density at radius 1 is 1.46 bits per heavy atom. The van der Waals surface area contributed by atoms with Gasteiger partial charge in [-0.2, -0.15) is 0 Å². The Labute approximate surface area is 80.7 Å². The fourth-order valence-corrected chi connectivity index (χ4v) is 1.08. The highest BCUT2D eigenvalue weighted by Crippen LogP contribution is 2.08. The van der Waals surface area contributed by atoms with Gasteiger partial charge in [0.1, 0.15) is 5.78 Å². The highest BCUT2D eigenvalue weighted by molar-refractivity contribution is 5.81.